The van der Waals surface area contributed by atoms with E-state index in [9.17, 15) is 0 Å². The van der Waals surface area contributed by atoms with Gasteiger partial charge in [0.1, 0.15) is 5.58 Å². The van der Waals surface area contributed by atoms with Crippen molar-refractivity contribution in [2.75, 3.05) is 0 Å². The summed E-state index contributed by atoms with van der Waals surface area (Å²) in [6.07, 6.45) is 3.57. The highest BCUT2D eigenvalue weighted by atomic mass is 16.3. The fourth-order valence-electron chi connectivity index (χ4n) is 8.51. The predicted octanol–water partition coefficient (Wildman–Crippen LogP) is 12.4. The molecule has 0 spiro atoms. The maximum atomic E-state index is 6.53. The van der Waals surface area contributed by atoms with Crippen LogP contribution >= 0.6 is 0 Å². The van der Waals surface area contributed by atoms with Crippen molar-refractivity contribution in [3.05, 3.63) is 182 Å². The van der Waals surface area contributed by atoms with Gasteiger partial charge in [0, 0.05) is 44.7 Å². The summed E-state index contributed by atoms with van der Waals surface area (Å²) < 4.78 is 11.0. The van der Waals surface area contributed by atoms with Crippen LogP contribution < -0.4 is 0 Å². The number of nitrogens with zero attached hydrogens (tertiary/aromatic N) is 6. The maximum Gasteiger partial charge on any atom is 0.235 e. The Morgan fingerprint density at radius 1 is 0.368 bits per heavy atom. The van der Waals surface area contributed by atoms with Gasteiger partial charge in [-0.3, -0.25) is 14.5 Å². The molecule has 7 heteroatoms. The van der Waals surface area contributed by atoms with Crippen molar-refractivity contribution in [1.82, 2.24) is 29.1 Å². The molecule has 0 atom stereocenters. The smallest absolute Gasteiger partial charge is 0.235 e. The average Bonchev–Trinajstić information content (AvgIpc) is 3.94. The summed E-state index contributed by atoms with van der Waals surface area (Å²) in [6.45, 7) is 0. The summed E-state index contributed by atoms with van der Waals surface area (Å²) in [7, 11) is 0. The monoisotopic (exact) mass is 730 g/mol. The van der Waals surface area contributed by atoms with Gasteiger partial charge >= 0.3 is 0 Å². The van der Waals surface area contributed by atoms with Gasteiger partial charge in [0.2, 0.25) is 5.95 Å². The molecule has 0 N–H and O–H groups in total. The molecular weight excluding hydrogens is 701 g/mol. The van der Waals surface area contributed by atoms with Crippen molar-refractivity contribution in [3.8, 4) is 45.5 Å². The van der Waals surface area contributed by atoms with Crippen LogP contribution in [-0.2, 0) is 0 Å². The van der Waals surface area contributed by atoms with Gasteiger partial charge in [-0.1, -0.05) is 91.0 Å². The molecule has 0 fully saturated rings. The fraction of sp³-hybridized carbons (Fsp3) is 0. The SMILES string of the molecule is c1ccc(-c2cc(-c3ccccn3)nc(-n3c4ccccc4c4cc(-c5ccc6c(c5)c5ccccc5n6-c5cccc6c5oc5ccccc56)ccc43)n2)nc1. The van der Waals surface area contributed by atoms with Gasteiger partial charge in [-0.2, -0.15) is 0 Å². The minimum Gasteiger partial charge on any atom is -0.454 e. The second-order valence-corrected chi connectivity index (χ2v) is 14.3. The van der Waals surface area contributed by atoms with Crippen LogP contribution in [0, 0.1) is 0 Å². The molecule has 12 rings (SSSR count). The van der Waals surface area contributed by atoms with E-state index in [-0.39, 0.29) is 0 Å². The zero-order valence-electron chi connectivity index (χ0n) is 30.4. The van der Waals surface area contributed by atoms with E-state index in [0.717, 1.165) is 94.4 Å². The van der Waals surface area contributed by atoms with Crippen molar-refractivity contribution in [2.24, 2.45) is 0 Å². The number of hydrogen-bond donors (Lipinski definition) is 0. The van der Waals surface area contributed by atoms with Crippen LogP contribution in [0.25, 0.3) is 111 Å². The van der Waals surface area contributed by atoms with E-state index in [4.69, 9.17) is 14.4 Å². The van der Waals surface area contributed by atoms with Crippen molar-refractivity contribution in [3.63, 3.8) is 0 Å². The molecule has 57 heavy (non-hydrogen) atoms. The Bertz CT molecular complexity index is 3470. The molecule has 6 aromatic carbocycles. The number of furan rings is 1. The largest absolute Gasteiger partial charge is 0.454 e. The van der Waals surface area contributed by atoms with Gasteiger partial charge in [-0.05, 0) is 90.0 Å². The Morgan fingerprint density at radius 2 is 0.895 bits per heavy atom. The fourth-order valence-corrected chi connectivity index (χ4v) is 8.51. The molecule has 0 saturated carbocycles. The minimum absolute atomic E-state index is 0.562. The van der Waals surface area contributed by atoms with Crippen molar-refractivity contribution in [1.29, 1.82) is 0 Å². The summed E-state index contributed by atoms with van der Waals surface area (Å²) >= 11 is 0. The third kappa shape index (κ3) is 4.86. The summed E-state index contributed by atoms with van der Waals surface area (Å²) in [5.41, 5.74) is 12.4. The van der Waals surface area contributed by atoms with Gasteiger partial charge in [0.15, 0.2) is 5.58 Å². The number of rotatable bonds is 5. The number of benzene rings is 6. The van der Waals surface area contributed by atoms with Gasteiger partial charge in [-0.15, -0.1) is 0 Å². The van der Waals surface area contributed by atoms with Crippen LogP contribution in [0.15, 0.2) is 187 Å². The van der Waals surface area contributed by atoms with Gasteiger partial charge in [0.25, 0.3) is 0 Å². The van der Waals surface area contributed by atoms with E-state index in [1.54, 1.807) is 12.4 Å². The van der Waals surface area contributed by atoms with Crippen molar-refractivity contribution >= 4 is 65.6 Å². The first-order chi connectivity index (χ1) is 28.3. The summed E-state index contributed by atoms with van der Waals surface area (Å²) in [4.78, 5) is 19.5. The predicted molar refractivity (Wildman–Crippen MR) is 230 cm³/mol. The quantitative estimate of drug-likeness (QED) is 0.176. The van der Waals surface area contributed by atoms with E-state index in [2.05, 4.69) is 134 Å². The van der Waals surface area contributed by atoms with Gasteiger partial charge < -0.3 is 8.98 Å². The van der Waals surface area contributed by atoms with Gasteiger partial charge in [-0.25, -0.2) is 9.97 Å². The topological polar surface area (TPSA) is 74.6 Å². The maximum absolute atomic E-state index is 6.53. The Labute approximate surface area is 325 Å². The number of pyridine rings is 2. The molecule has 6 heterocycles. The first kappa shape index (κ1) is 31.5. The molecule has 12 aromatic rings. The Hall–Kier alpha value is -7.90. The molecule has 266 valence electrons. The van der Waals surface area contributed by atoms with E-state index in [1.165, 1.54) is 10.8 Å². The standard InChI is InChI=1S/C50H30N6O/c1-4-18-43-33(12-1)37-28-31(22-24-45(37)55(43)47-20-11-15-36-35-14-3-6-21-48(35)57-49(36)47)32-23-25-46-38(29-32)34-13-2-5-19-44(34)56(46)50-53-41(39-16-7-9-26-51-39)30-42(54-50)40-17-8-10-27-52-40/h1-30H. The average molecular weight is 731 g/mol. The van der Waals surface area contributed by atoms with E-state index in [0.29, 0.717) is 5.95 Å². The summed E-state index contributed by atoms with van der Waals surface area (Å²) in [6, 6.07) is 59.0. The zero-order valence-corrected chi connectivity index (χ0v) is 30.4. The van der Waals surface area contributed by atoms with Crippen LogP contribution in [0.3, 0.4) is 0 Å². The molecule has 0 amide bonds. The van der Waals surface area contributed by atoms with E-state index in [1.807, 2.05) is 54.6 Å². The molecule has 0 saturated heterocycles. The second kappa shape index (κ2) is 12.3. The minimum atomic E-state index is 0.562. The third-order valence-corrected chi connectivity index (χ3v) is 11.1. The molecule has 0 bridgehead atoms. The van der Waals surface area contributed by atoms with Crippen molar-refractivity contribution < 1.29 is 4.42 Å². The highest BCUT2D eigenvalue weighted by Gasteiger charge is 2.20. The normalized spacial score (nSPS) is 11.9. The molecular formula is C50H30N6O. The number of para-hydroxylation sites is 4. The number of hydrogen-bond acceptors (Lipinski definition) is 5. The van der Waals surface area contributed by atoms with E-state index < -0.39 is 0 Å². The van der Waals surface area contributed by atoms with E-state index >= 15 is 0 Å². The molecule has 0 aliphatic heterocycles. The lowest BCUT2D eigenvalue weighted by Crippen LogP contribution is -2.04. The zero-order chi connectivity index (χ0) is 37.5. The first-order valence-electron chi connectivity index (χ1n) is 19.0. The Balaban J connectivity index is 1.04. The summed E-state index contributed by atoms with van der Waals surface area (Å²) in [5.74, 6) is 0.562. The third-order valence-electron chi connectivity index (χ3n) is 11.1. The van der Waals surface area contributed by atoms with Crippen molar-refractivity contribution in [2.45, 2.75) is 0 Å². The van der Waals surface area contributed by atoms with Crippen LogP contribution in [-0.4, -0.2) is 29.1 Å². The number of aromatic nitrogens is 6. The molecule has 7 nitrogen and oxygen atoms in total. The van der Waals surface area contributed by atoms with Gasteiger partial charge in [0.05, 0.1) is 50.5 Å². The van der Waals surface area contributed by atoms with Crippen LogP contribution in [0.4, 0.5) is 0 Å². The Kier molecular flexibility index (Phi) is 6.79. The Morgan fingerprint density at radius 3 is 1.53 bits per heavy atom. The molecule has 0 radical (unpaired) electrons. The lowest BCUT2D eigenvalue weighted by molar-refractivity contribution is 0.666. The molecule has 6 aromatic heterocycles. The second-order valence-electron chi connectivity index (χ2n) is 14.3. The number of fused-ring (bicyclic) bond motifs is 9. The van der Waals surface area contributed by atoms with Crippen LogP contribution in [0.5, 0.6) is 0 Å². The lowest BCUT2D eigenvalue weighted by atomic mass is 10.0. The van der Waals surface area contributed by atoms with Crippen LogP contribution in [0.1, 0.15) is 0 Å². The molecule has 0 aliphatic carbocycles. The highest BCUT2D eigenvalue weighted by Crippen LogP contribution is 2.40. The first-order valence-corrected chi connectivity index (χ1v) is 19.0. The lowest BCUT2D eigenvalue weighted by Gasteiger charge is -2.11. The van der Waals surface area contributed by atoms with Crippen LogP contribution in [0.2, 0.25) is 0 Å². The molecule has 0 unspecified atom stereocenters. The molecule has 0 aliphatic rings. The summed E-state index contributed by atoms with van der Waals surface area (Å²) in [5, 5.41) is 6.84. The highest BCUT2D eigenvalue weighted by molar-refractivity contribution is 6.14.